The highest BCUT2D eigenvalue weighted by Crippen LogP contribution is 2.26. The standard InChI is InChI=1S/C11H16O3.C6H8O2.C5H10O2/c1-3-4-5-6-10(12)14-9-11(2)7-13-8-11;1-2-3-4-5-6(7)8;1-5(2-6)3-7-4-5/h1H,4-9H2,2H3;1H,3-5H2,(H,7,8);6H,2-4H2,1H3. The minimum absolute atomic E-state index is 0.0434. The molecule has 0 atom stereocenters. The number of terminal acetylenes is 2. The fraction of sp³-hybridized carbons (Fsp3) is 0.727. The van der Waals surface area contributed by atoms with Crippen molar-refractivity contribution in [3.05, 3.63) is 0 Å². The quantitative estimate of drug-likeness (QED) is 0.341. The Morgan fingerprint density at radius 1 is 0.966 bits per heavy atom. The Balaban J connectivity index is 0.000000444. The Morgan fingerprint density at radius 3 is 1.76 bits per heavy atom. The number of ether oxygens (including phenoxy) is 3. The molecule has 2 fully saturated rings. The van der Waals surface area contributed by atoms with E-state index in [1.54, 1.807) is 0 Å². The number of esters is 1. The highest BCUT2D eigenvalue weighted by atomic mass is 16.5. The molecule has 2 saturated heterocycles. The molecule has 7 heteroatoms. The molecule has 2 N–H and O–H groups in total. The number of carboxylic acids is 1. The van der Waals surface area contributed by atoms with Crippen molar-refractivity contribution in [1.29, 1.82) is 0 Å². The van der Waals surface area contributed by atoms with Gasteiger partial charge in [-0.25, -0.2) is 0 Å². The molecular formula is C22H34O7. The van der Waals surface area contributed by atoms with Crippen LogP contribution in [0.5, 0.6) is 0 Å². The van der Waals surface area contributed by atoms with Gasteiger partial charge in [0.1, 0.15) is 6.61 Å². The van der Waals surface area contributed by atoms with Gasteiger partial charge in [-0.05, 0) is 12.8 Å². The summed E-state index contributed by atoms with van der Waals surface area (Å²) in [5.41, 5.74) is 0.141. The van der Waals surface area contributed by atoms with Crippen molar-refractivity contribution >= 4 is 11.9 Å². The fourth-order valence-electron chi connectivity index (χ4n) is 2.08. The summed E-state index contributed by atoms with van der Waals surface area (Å²) in [6, 6.07) is 0. The van der Waals surface area contributed by atoms with Crippen molar-refractivity contribution < 1.29 is 34.0 Å². The molecule has 0 aliphatic carbocycles. The van der Waals surface area contributed by atoms with Gasteiger partial charge in [0.05, 0.1) is 33.0 Å². The summed E-state index contributed by atoms with van der Waals surface area (Å²) < 4.78 is 15.0. The summed E-state index contributed by atoms with van der Waals surface area (Å²) in [5, 5.41) is 16.6. The number of hydrogen-bond donors (Lipinski definition) is 2. The summed E-state index contributed by atoms with van der Waals surface area (Å²) >= 11 is 0. The molecule has 0 bridgehead atoms. The number of rotatable bonds is 9. The third-order valence-electron chi connectivity index (χ3n) is 4.18. The highest BCUT2D eigenvalue weighted by Gasteiger charge is 2.34. The maximum atomic E-state index is 11.2. The first-order valence-electron chi connectivity index (χ1n) is 9.71. The first-order valence-corrected chi connectivity index (χ1v) is 9.71. The molecule has 0 aromatic rings. The van der Waals surface area contributed by atoms with Gasteiger partial charge in [0.25, 0.3) is 0 Å². The maximum Gasteiger partial charge on any atom is 0.305 e. The van der Waals surface area contributed by atoms with Crippen LogP contribution in [-0.2, 0) is 23.8 Å². The lowest BCUT2D eigenvalue weighted by Gasteiger charge is -2.37. The molecule has 0 unspecified atom stereocenters. The molecule has 0 aromatic heterocycles. The van der Waals surface area contributed by atoms with E-state index in [1.165, 1.54) is 0 Å². The number of aliphatic carboxylic acids is 1. The lowest BCUT2D eigenvalue weighted by Crippen LogP contribution is -2.44. The second kappa shape index (κ2) is 14.9. The van der Waals surface area contributed by atoms with Crippen LogP contribution in [0.15, 0.2) is 0 Å². The van der Waals surface area contributed by atoms with Crippen LogP contribution < -0.4 is 0 Å². The molecule has 2 heterocycles. The molecule has 0 saturated carbocycles. The summed E-state index contributed by atoms with van der Waals surface area (Å²) in [7, 11) is 0. The van der Waals surface area contributed by atoms with Crippen LogP contribution in [-0.4, -0.2) is 61.8 Å². The van der Waals surface area contributed by atoms with Gasteiger partial charge in [0.2, 0.25) is 0 Å². The Morgan fingerprint density at radius 2 is 1.45 bits per heavy atom. The highest BCUT2D eigenvalue weighted by molar-refractivity contribution is 5.69. The maximum absolute atomic E-state index is 11.2. The van der Waals surface area contributed by atoms with Crippen LogP contribution in [0.4, 0.5) is 0 Å². The number of carbonyl (C=O) groups excluding carboxylic acids is 1. The minimum atomic E-state index is -0.778. The fourth-order valence-corrected chi connectivity index (χ4v) is 2.08. The molecular weight excluding hydrogens is 376 g/mol. The van der Waals surface area contributed by atoms with E-state index in [2.05, 4.69) is 11.8 Å². The van der Waals surface area contributed by atoms with Crippen LogP contribution in [0.2, 0.25) is 0 Å². The van der Waals surface area contributed by atoms with Gasteiger partial charge >= 0.3 is 11.9 Å². The van der Waals surface area contributed by atoms with Crippen LogP contribution in [0.3, 0.4) is 0 Å². The molecule has 0 radical (unpaired) electrons. The smallest absolute Gasteiger partial charge is 0.305 e. The third-order valence-corrected chi connectivity index (χ3v) is 4.18. The van der Waals surface area contributed by atoms with Crippen LogP contribution in [0.1, 0.15) is 52.4 Å². The van der Waals surface area contributed by atoms with Crippen molar-refractivity contribution in [1.82, 2.24) is 0 Å². The van der Waals surface area contributed by atoms with E-state index in [0.717, 1.165) is 13.2 Å². The second-order valence-corrected chi connectivity index (χ2v) is 7.93. The molecule has 0 aromatic carbocycles. The van der Waals surface area contributed by atoms with E-state index in [0.29, 0.717) is 51.9 Å². The van der Waals surface area contributed by atoms with Gasteiger partial charge in [-0.15, -0.1) is 24.7 Å². The van der Waals surface area contributed by atoms with E-state index < -0.39 is 5.97 Å². The third kappa shape index (κ3) is 13.7. The van der Waals surface area contributed by atoms with Gasteiger partial charge in [0.15, 0.2) is 0 Å². The average Bonchev–Trinajstić information content (AvgIpc) is 2.64. The predicted molar refractivity (Wildman–Crippen MR) is 109 cm³/mol. The predicted octanol–water partition coefficient (Wildman–Crippen LogP) is 2.26. The molecule has 0 amide bonds. The van der Waals surface area contributed by atoms with Crippen molar-refractivity contribution in [2.75, 3.05) is 39.6 Å². The zero-order valence-corrected chi connectivity index (χ0v) is 17.6. The number of aliphatic hydroxyl groups is 1. The Labute approximate surface area is 174 Å². The van der Waals surface area contributed by atoms with Crippen molar-refractivity contribution in [2.45, 2.75) is 52.4 Å². The Bertz CT molecular complexity index is 557. The SMILES string of the molecule is C#CCCCC(=O)O.C#CCCCC(=O)OCC1(C)COC1.CC1(CO)COC1. The summed E-state index contributed by atoms with van der Waals surface area (Å²) in [5.74, 6) is 3.91. The zero-order chi connectivity index (χ0) is 22.2. The molecule has 7 nitrogen and oxygen atoms in total. The van der Waals surface area contributed by atoms with Crippen LogP contribution >= 0.6 is 0 Å². The average molecular weight is 411 g/mol. The lowest BCUT2D eigenvalue weighted by atomic mass is 9.90. The molecule has 0 spiro atoms. The molecule has 2 aliphatic heterocycles. The number of carboxylic acid groups (broad SMARTS) is 1. The number of hydrogen-bond acceptors (Lipinski definition) is 6. The van der Waals surface area contributed by atoms with Gasteiger partial charge in [0, 0.05) is 36.5 Å². The minimum Gasteiger partial charge on any atom is -0.481 e. The molecule has 29 heavy (non-hydrogen) atoms. The number of aliphatic hydroxyl groups excluding tert-OH is 1. The largest absolute Gasteiger partial charge is 0.481 e. The summed E-state index contributed by atoms with van der Waals surface area (Å²) in [6.45, 7) is 7.60. The van der Waals surface area contributed by atoms with Crippen LogP contribution in [0, 0.1) is 35.5 Å². The van der Waals surface area contributed by atoms with E-state index in [-0.39, 0.29) is 29.8 Å². The van der Waals surface area contributed by atoms with Gasteiger partial charge < -0.3 is 24.4 Å². The first kappa shape index (κ1) is 26.9. The second-order valence-electron chi connectivity index (χ2n) is 7.93. The normalized spacial score (nSPS) is 17.3. The number of carbonyl (C=O) groups is 2. The monoisotopic (exact) mass is 410 g/mol. The van der Waals surface area contributed by atoms with E-state index in [4.69, 9.17) is 37.3 Å². The van der Waals surface area contributed by atoms with Gasteiger partial charge in [-0.1, -0.05) is 13.8 Å². The first-order chi connectivity index (χ1) is 13.7. The zero-order valence-electron chi connectivity index (χ0n) is 17.6. The van der Waals surface area contributed by atoms with Crippen molar-refractivity contribution in [3.8, 4) is 24.7 Å². The molecule has 2 rings (SSSR count). The van der Waals surface area contributed by atoms with Crippen molar-refractivity contribution in [2.24, 2.45) is 10.8 Å². The van der Waals surface area contributed by atoms with Crippen LogP contribution in [0.25, 0.3) is 0 Å². The van der Waals surface area contributed by atoms with E-state index in [1.807, 2.05) is 13.8 Å². The van der Waals surface area contributed by atoms with Gasteiger partial charge in [-0.3, -0.25) is 9.59 Å². The summed E-state index contributed by atoms with van der Waals surface area (Å²) in [6.07, 6.45) is 13.0. The summed E-state index contributed by atoms with van der Waals surface area (Å²) in [4.78, 5) is 21.0. The number of unbranched alkanes of at least 4 members (excludes halogenated alkanes) is 2. The van der Waals surface area contributed by atoms with E-state index in [9.17, 15) is 9.59 Å². The molecule has 164 valence electrons. The Hall–Kier alpha value is -2.06. The topological polar surface area (TPSA) is 102 Å². The Kier molecular flexibility index (Phi) is 13.8. The molecule has 2 aliphatic rings. The lowest BCUT2D eigenvalue weighted by molar-refractivity contribution is -0.165. The van der Waals surface area contributed by atoms with E-state index >= 15 is 0 Å². The van der Waals surface area contributed by atoms with Gasteiger partial charge in [-0.2, -0.15) is 0 Å². The van der Waals surface area contributed by atoms with Crippen molar-refractivity contribution in [3.63, 3.8) is 0 Å².